The van der Waals surface area contributed by atoms with E-state index in [9.17, 15) is 4.79 Å². The highest BCUT2D eigenvalue weighted by Gasteiger charge is 2.24. The van der Waals surface area contributed by atoms with Gasteiger partial charge in [-0.1, -0.05) is 49.6 Å². The standard InChI is InChI=1S/C16H22O2/c1-18-16(14-10-6-3-7-11-14)12-15(17)13-8-4-2-5-9-13/h3,6-7,10-11,13,16H,2,4-5,8-9,12H2,1H3. The number of hydrogen-bond donors (Lipinski definition) is 0. The average Bonchev–Trinajstić information content (AvgIpc) is 2.46. The number of carbonyl (C=O) groups excluding carboxylic acids is 1. The van der Waals surface area contributed by atoms with Crippen molar-refractivity contribution < 1.29 is 9.53 Å². The average molecular weight is 246 g/mol. The van der Waals surface area contributed by atoms with E-state index in [1.165, 1.54) is 19.3 Å². The number of methoxy groups -OCH3 is 1. The molecule has 98 valence electrons. The quantitative estimate of drug-likeness (QED) is 0.787. The van der Waals surface area contributed by atoms with E-state index in [4.69, 9.17) is 4.74 Å². The van der Waals surface area contributed by atoms with Crippen LogP contribution in [0.15, 0.2) is 30.3 Å². The second kappa shape index (κ2) is 6.69. The lowest BCUT2D eigenvalue weighted by Crippen LogP contribution is -2.20. The highest BCUT2D eigenvalue weighted by Crippen LogP contribution is 2.29. The van der Waals surface area contributed by atoms with Gasteiger partial charge in [0.05, 0.1) is 6.10 Å². The van der Waals surface area contributed by atoms with Gasteiger partial charge in [0.2, 0.25) is 0 Å². The summed E-state index contributed by atoms with van der Waals surface area (Å²) in [5.74, 6) is 0.658. The van der Waals surface area contributed by atoms with E-state index in [0.717, 1.165) is 18.4 Å². The first kappa shape index (κ1) is 13.3. The van der Waals surface area contributed by atoms with Crippen LogP contribution < -0.4 is 0 Å². The monoisotopic (exact) mass is 246 g/mol. The summed E-state index contributed by atoms with van der Waals surface area (Å²) < 4.78 is 5.48. The van der Waals surface area contributed by atoms with Crippen LogP contribution in [0.25, 0.3) is 0 Å². The van der Waals surface area contributed by atoms with Gasteiger partial charge >= 0.3 is 0 Å². The van der Waals surface area contributed by atoms with Gasteiger partial charge in [-0.25, -0.2) is 0 Å². The van der Waals surface area contributed by atoms with Crippen molar-refractivity contribution in [2.45, 2.75) is 44.6 Å². The van der Waals surface area contributed by atoms with Crippen molar-refractivity contribution in [1.82, 2.24) is 0 Å². The molecule has 0 N–H and O–H groups in total. The molecule has 1 unspecified atom stereocenters. The minimum absolute atomic E-state index is 0.0828. The van der Waals surface area contributed by atoms with E-state index >= 15 is 0 Å². The zero-order valence-corrected chi connectivity index (χ0v) is 11.1. The van der Waals surface area contributed by atoms with Gasteiger partial charge in [0.25, 0.3) is 0 Å². The summed E-state index contributed by atoms with van der Waals surface area (Å²) in [5.41, 5.74) is 1.10. The molecule has 18 heavy (non-hydrogen) atoms. The van der Waals surface area contributed by atoms with Crippen LogP contribution in [0.3, 0.4) is 0 Å². The van der Waals surface area contributed by atoms with Crippen molar-refractivity contribution in [3.63, 3.8) is 0 Å². The molecule has 2 nitrogen and oxygen atoms in total. The summed E-state index contributed by atoms with van der Waals surface area (Å²) in [6.45, 7) is 0. The molecule has 0 amide bonds. The van der Waals surface area contributed by atoms with Crippen LogP contribution in [0, 0.1) is 5.92 Å². The third kappa shape index (κ3) is 3.42. The third-order valence-electron chi connectivity index (χ3n) is 3.90. The molecule has 1 aromatic carbocycles. The van der Waals surface area contributed by atoms with Crippen LogP contribution in [-0.2, 0) is 9.53 Å². The van der Waals surface area contributed by atoms with Crippen LogP contribution in [0.5, 0.6) is 0 Å². The van der Waals surface area contributed by atoms with Crippen LogP contribution in [0.1, 0.15) is 50.2 Å². The van der Waals surface area contributed by atoms with Crippen LogP contribution in [0.4, 0.5) is 0 Å². The lowest BCUT2D eigenvalue weighted by Gasteiger charge is -2.23. The smallest absolute Gasteiger partial charge is 0.138 e. The molecule has 2 rings (SSSR count). The van der Waals surface area contributed by atoms with Crippen LogP contribution in [0.2, 0.25) is 0 Å². The first-order valence-electron chi connectivity index (χ1n) is 6.91. The topological polar surface area (TPSA) is 26.3 Å². The van der Waals surface area contributed by atoms with Gasteiger partial charge in [0, 0.05) is 19.4 Å². The summed E-state index contributed by atoms with van der Waals surface area (Å²) >= 11 is 0. The molecule has 0 heterocycles. The molecule has 2 heteroatoms. The molecule has 1 aromatic rings. The van der Waals surface area contributed by atoms with Crippen molar-refractivity contribution in [2.24, 2.45) is 5.92 Å². The van der Waals surface area contributed by atoms with E-state index in [2.05, 4.69) is 0 Å². The Balaban J connectivity index is 1.95. The van der Waals surface area contributed by atoms with Crippen molar-refractivity contribution in [1.29, 1.82) is 0 Å². The molecule has 1 aliphatic carbocycles. The van der Waals surface area contributed by atoms with Gasteiger partial charge in [-0.3, -0.25) is 4.79 Å². The molecule has 0 bridgehead atoms. The minimum atomic E-state index is -0.0828. The Kier molecular flexibility index (Phi) is 4.94. The molecular formula is C16H22O2. The molecule has 1 saturated carbocycles. The lowest BCUT2D eigenvalue weighted by molar-refractivity contribution is -0.126. The minimum Gasteiger partial charge on any atom is -0.376 e. The van der Waals surface area contributed by atoms with Crippen LogP contribution in [-0.4, -0.2) is 12.9 Å². The number of hydrogen-bond acceptors (Lipinski definition) is 2. The number of Topliss-reactive ketones (excluding diaryl/α,β-unsaturated/α-hetero) is 1. The molecular weight excluding hydrogens is 224 g/mol. The van der Waals surface area contributed by atoms with Crippen molar-refractivity contribution in [2.75, 3.05) is 7.11 Å². The Bertz CT molecular complexity index is 366. The molecule has 0 aromatic heterocycles. The Morgan fingerprint density at radius 3 is 2.50 bits per heavy atom. The van der Waals surface area contributed by atoms with Crippen molar-refractivity contribution in [3.05, 3.63) is 35.9 Å². The van der Waals surface area contributed by atoms with Crippen molar-refractivity contribution in [3.8, 4) is 0 Å². The zero-order valence-electron chi connectivity index (χ0n) is 11.1. The zero-order chi connectivity index (χ0) is 12.8. The first-order chi connectivity index (χ1) is 8.81. The summed E-state index contributed by atoms with van der Waals surface area (Å²) in [6.07, 6.45) is 6.29. The maximum atomic E-state index is 12.3. The number of benzene rings is 1. The first-order valence-corrected chi connectivity index (χ1v) is 6.91. The normalized spacial score (nSPS) is 18.5. The summed E-state index contributed by atoms with van der Waals surface area (Å²) in [4.78, 5) is 12.3. The second-order valence-corrected chi connectivity index (χ2v) is 5.14. The van der Waals surface area contributed by atoms with E-state index < -0.39 is 0 Å². The van der Waals surface area contributed by atoms with E-state index in [-0.39, 0.29) is 12.0 Å². The third-order valence-corrected chi connectivity index (χ3v) is 3.90. The fourth-order valence-electron chi connectivity index (χ4n) is 2.78. The van der Waals surface area contributed by atoms with Gasteiger partial charge in [0.15, 0.2) is 0 Å². The number of rotatable bonds is 5. The van der Waals surface area contributed by atoms with Crippen molar-refractivity contribution >= 4 is 5.78 Å². The Labute approximate surface area is 109 Å². The Morgan fingerprint density at radius 1 is 1.22 bits per heavy atom. The number of ether oxygens (including phenoxy) is 1. The Hall–Kier alpha value is -1.15. The van der Waals surface area contributed by atoms with Crippen LogP contribution >= 0.6 is 0 Å². The molecule has 0 aliphatic heterocycles. The Morgan fingerprint density at radius 2 is 1.89 bits per heavy atom. The fourth-order valence-corrected chi connectivity index (χ4v) is 2.78. The molecule has 1 fully saturated rings. The fraction of sp³-hybridized carbons (Fsp3) is 0.562. The van der Waals surface area contributed by atoms with E-state index in [1.807, 2.05) is 30.3 Å². The molecule has 1 aliphatic rings. The predicted molar refractivity (Wildman–Crippen MR) is 72.4 cm³/mol. The summed E-state index contributed by atoms with van der Waals surface area (Å²) in [7, 11) is 1.69. The van der Waals surface area contributed by atoms with Gasteiger partial charge < -0.3 is 4.74 Å². The number of carbonyl (C=O) groups is 1. The van der Waals surface area contributed by atoms with Gasteiger partial charge in [0.1, 0.15) is 5.78 Å². The maximum absolute atomic E-state index is 12.3. The van der Waals surface area contributed by atoms with Gasteiger partial charge in [-0.05, 0) is 18.4 Å². The van der Waals surface area contributed by atoms with Gasteiger partial charge in [-0.2, -0.15) is 0 Å². The predicted octanol–water partition coefficient (Wildman–Crippen LogP) is 3.91. The SMILES string of the molecule is COC(CC(=O)C1CCCCC1)c1ccccc1. The molecule has 1 atom stereocenters. The second-order valence-electron chi connectivity index (χ2n) is 5.14. The largest absolute Gasteiger partial charge is 0.376 e. The van der Waals surface area contributed by atoms with E-state index in [1.54, 1.807) is 7.11 Å². The summed E-state index contributed by atoms with van der Waals surface area (Å²) in [6, 6.07) is 10.0. The van der Waals surface area contributed by atoms with E-state index in [0.29, 0.717) is 12.2 Å². The number of ketones is 1. The highest BCUT2D eigenvalue weighted by molar-refractivity contribution is 5.81. The van der Waals surface area contributed by atoms with Gasteiger partial charge in [-0.15, -0.1) is 0 Å². The molecule has 0 saturated heterocycles. The molecule has 0 radical (unpaired) electrons. The summed E-state index contributed by atoms with van der Waals surface area (Å²) in [5, 5.41) is 0. The lowest BCUT2D eigenvalue weighted by atomic mass is 9.84. The highest BCUT2D eigenvalue weighted by atomic mass is 16.5. The maximum Gasteiger partial charge on any atom is 0.138 e. The molecule has 0 spiro atoms.